The van der Waals surface area contributed by atoms with E-state index in [4.69, 9.17) is 3.80 Å². The fourth-order valence-electron chi connectivity index (χ4n) is 0. The Morgan fingerprint density at radius 3 is 1.25 bits per heavy atom. The van der Waals surface area contributed by atoms with Crippen LogP contribution in [-0.4, -0.2) is 16.2 Å². The van der Waals surface area contributed by atoms with Crippen LogP contribution in [0.5, 0.6) is 0 Å². The van der Waals surface area contributed by atoms with Crippen LogP contribution in [0.25, 0.3) is 0 Å². The molecule has 0 aromatic carbocycles. The molecule has 27 valence electrons. The molecule has 0 amide bonds. The summed E-state index contributed by atoms with van der Waals surface area (Å²) < 4.78 is 8.28. The van der Waals surface area contributed by atoms with E-state index in [1.807, 2.05) is 0 Å². The molecule has 0 aliphatic heterocycles. The molecule has 0 spiro atoms. The van der Waals surface area contributed by atoms with Gasteiger partial charge in [0.15, 0.2) is 0 Å². The van der Waals surface area contributed by atoms with Crippen molar-refractivity contribution in [3.05, 3.63) is 0 Å². The summed E-state index contributed by atoms with van der Waals surface area (Å²) in [5, 5.41) is 0. The van der Waals surface area contributed by atoms with Gasteiger partial charge in [0.25, 0.3) is 0 Å². The summed E-state index contributed by atoms with van der Waals surface area (Å²) in [6, 6.07) is 0. The Morgan fingerprint density at radius 2 is 1.25 bits per heavy atom. The van der Waals surface area contributed by atoms with Crippen LogP contribution < -0.4 is 0 Å². The molecule has 0 N–H and O–H groups in total. The van der Waals surface area contributed by atoms with Crippen LogP contribution in [0.1, 0.15) is 0 Å². The second kappa shape index (κ2) is 24.0. The van der Waals surface area contributed by atoms with Gasteiger partial charge in [0, 0.05) is 38.1 Å². The van der Waals surface area contributed by atoms with Crippen molar-refractivity contribution in [3.63, 3.8) is 0 Å². The summed E-state index contributed by atoms with van der Waals surface area (Å²) in [6.07, 6.45) is 0. The Morgan fingerprint density at radius 1 is 1.25 bits per heavy atom. The monoisotopic (exact) mass is 205 g/mol. The molecule has 0 aromatic rings. The van der Waals surface area contributed by atoms with Crippen LogP contribution in [0.2, 0.25) is 0 Å². The maximum absolute atomic E-state index is 8.28. The molecule has 0 rings (SSSR count). The maximum atomic E-state index is 8.28. The fourth-order valence-corrected chi connectivity index (χ4v) is 0. The van der Waals surface area contributed by atoms with E-state index >= 15 is 0 Å². The first-order valence-corrected chi connectivity index (χ1v) is 0.866. The average molecular weight is 203 g/mol. The molecule has 0 unspecified atom stereocenters. The summed E-state index contributed by atoms with van der Waals surface area (Å²) in [5.41, 5.74) is 0. The second-order valence-corrected chi connectivity index (χ2v) is 0. The first-order valence-electron chi connectivity index (χ1n) is 0.289. The zero-order valence-electron chi connectivity index (χ0n) is 1.83. The number of hydrogen-bond acceptors (Lipinski definition) is 1. The normalized spacial score (nSPS) is 0.750. The summed E-state index contributed by atoms with van der Waals surface area (Å²) >= 11 is 0.611. The van der Waals surface area contributed by atoms with Crippen LogP contribution in [0, 0.1) is 0 Å². The van der Waals surface area contributed by atoms with Gasteiger partial charge < -0.3 is 0 Å². The molecule has 0 aromatic heterocycles. The molecule has 0 saturated carbocycles. The molecule has 1 radical (unpaired) electrons. The van der Waals surface area contributed by atoms with Crippen molar-refractivity contribution in [3.8, 4) is 0 Å². The molecule has 0 heterocycles. The summed E-state index contributed by atoms with van der Waals surface area (Å²) in [6.45, 7) is 0. The van der Waals surface area contributed by atoms with Crippen molar-refractivity contribution in [2.45, 2.75) is 0 Å². The van der Waals surface area contributed by atoms with E-state index < -0.39 is 0 Å². The van der Waals surface area contributed by atoms with Gasteiger partial charge in [0.05, 0.1) is 0 Å². The zero-order valence-corrected chi connectivity index (χ0v) is 6.19. The summed E-state index contributed by atoms with van der Waals surface area (Å²) in [7, 11) is 0. The molecule has 0 aliphatic rings. The van der Waals surface area contributed by atoms with Crippen LogP contribution in [0.3, 0.4) is 0 Å². The first kappa shape index (κ1) is 17.7. The molecule has 0 bridgehead atoms. The molecular weight excluding hydrogens is 202 g/mol. The van der Waals surface area contributed by atoms with E-state index in [9.17, 15) is 0 Å². The van der Waals surface area contributed by atoms with Gasteiger partial charge in [-0.25, -0.2) is 0 Å². The van der Waals surface area contributed by atoms with Crippen LogP contribution in [0.4, 0.5) is 0 Å². The Bertz CT molecular complexity index is 8.00. The van der Waals surface area contributed by atoms with Crippen molar-refractivity contribution in [1.82, 2.24) is 0 Å². The van der Waals surface area contributed by atoms with Gasteiger partial charge in [0.2, 0.25) is 0 Å². The minimum absolute atomic E-state index is 0. The van der Waals surface area contributed by atoms with Crippen molar-refractivity contribution < 1.29 is 41.9 Å². The minimum atomic E-state index is 0. The Hall–Kier alpha value is 1.54. The fraction of sp³-hybridized carbons (Fsp3) is 0. The van der Waals surface area contributed by atoms with Crippen LogP contribution in [0.15, 0.2) is 0 Å². The third kappa shape index (κ3) is 9.63. The topological polar surface area (TPSA) is 17.1 Å². The average Bonchev–Trinajstić information content (AvgIpc) is 1.00. The molecule has 0 aliphatic carbocycles. The van der Waals surface area contributed by atoms with Gasteiger partial charge in [-0.05, 0) is 0 Å². The van der Waals surface area contributed by atoms with Gasteiger partial charge in [-0.2, -0.15) is 0 Å². The third-order valence-electron chi connectivity index (χ3n) is 0. The van der Waals surface area contributed by atoms with E-state index in [1.165, 1.54) is 0 Å². The van der Waals surface area contributed by atoms with Crippen molar-refractivity contribution in [1.29, 1.82) is 0 Å². The van der Waals surface area contributed by atoms with Gasteiger partial charge in [-0.15, -0.1) is 0 Å². The van der Waals surface area contributed by atoms with Crippen LogP contribution >= 0.6 is 0 Å². The molecule has 0 atom stereocenters. The van der Waals surface area contributed by atoms with E-state index in [2.05, 4.69) is 0 Å². The molecule has 0 fully saturated rings. The Kier molecular flexibility index (Phi) is 106. The molecule has 0 saturated heterocycles. The second-order valence-electron chi connectivity index (χ2n) is 0. The van der Waals surface area contributed by atoms with Gasteiger partial charge in [-0.1, -0.05) is 0 Å². The zero-order chi connectivity index (χ0) is 2.00. The van der Waals surface area contributed by atoms with E-state index in [0.29, 0.717) is 16.2 Å². The molecule has 4 heavy (non-hydrogen) atoms. The predicted molar refractivity (Wildman–Crippen MR) is 7.84 cm³/mol. The standard InChI is InChI=1S/Al.Cu.Mo.O.H. The van der Waals surface area contributed by atoms with Gasteiger partial charge >= 0.3 is 20.0 Å². The van der Waals surface area contributed by atoms with Crippen LogP contribution in [-0.2, 0) is 41.9 Å². The van der Waals surface area contributed by atoms with E-state index in [0.717, 1.165) is 0 Å². The number of rotatable bonds is 0. The van der Waals surface area contributed by atoms with E-state index in [1.54, 1.807) is 0 Å². The van der Waals surface area contributed by atoms with Gasteiger partial charge in [0.1, 0.15) is 0 Å². The Balaban J connectivity index is -0.00000000500. The van der Waals surface area contributed by atoms with Crippen molar-refractivity contribution in [2.75, 3.05) is 0 Å². The van der Waals surface area contributed by atoms with E-state index in [-0.39, 0.29) is 38.1 Å². The molecule has 4 heteroatoms. The predicted octanol–water partition coefficient (Wildman–Crippen LogP) is -0.772. The van der Waals surface area contributed by atoms with Crippen molar-refractivity contribution in [2.24, 2.45) is 0 Å². The SMILES string of the molecule is [Cu].[Mo].[O]=[AlH]. The van der Waals surface area contributed by atoms with Gasteiger partial charge in [-0.3, -0.25) is 0 Å². The first-order chi connectivity index (χ1) is 1.00. The third-order valence-corrected chi connectivity index (χ3v) is 0. The quantitative estimate of drug-likeness (QED) is 0.473. The molecule has 1 nitrogen and oxygen atoms in total. The summed E-state index contributed by atoms with van der Waals surface area (Å²) in [4.78, 5) is 0. The van der Waals surface area contributed by atoms with Crippen molar-refractivity contribution >= 4 is 16.2 Å². The Labute approximate surface area is 57.9 Å². The number of hydrogen-bond donors (Lipinski definition) is 0. The molecular formula is HAlCuMoO. The summed E-state index contributed by atoms with van der Waals surface area (Å²) in [5.74, 6) is 0.